The van der Waals surface area contributed by atoms with E-state index in [1.54, 1.807) is 12.4 Å². The number of rotatable bonds is 7. The van der Waals surface area contributed by atoms with Gasteiger partial charge in [-0.15, -0.1) is 0 Å². The van der Waals surface area contributed by atoms with Crippen LogP contribution in [0, 0.1) is 13.8 Å². The summed E-state index contributed by atoms with van der Waals surface area (Å²) in [6.45, 7) is 5.51. The van der Waals surface area contributed by atoms with E-state index in [4.69, 9.17) is 11.6 Å². The zero-order chi connectivity index (χ0) is 19.4. The summed E-state index contributed by atoms with van der Waals surface area (Å²) in [7, 11) is 0. The van der Waals surface area contributed by atoms with E-state index in [1.165, 1.54) is 0 Å². The van der Waals surface area contributed by atoms with E-state index in [0.29, 0.717) is 30.2 Å². The Morgan fingerprint density at radius 1 is 1.15 bits per heavy atom. The molecule has 27 heavy (non-hydrogen) atoms. The molecule has 0 fully saturated rings. The highest BCUT2D eigenvalue weighted by atomic mass is 35.5. The predicted octanol–water partition coefficient (Wildman–Crippen LogP) is 4.19. The number of carbonyl (C=O) groups is 1. The third kappa shape index (κ3) is 4.38. The van der Waals surface area contributed by atoms with Gasteiger partial charge in [-0.05, 0) is 43.2 Å². The summed E-state index contributed by atoms with van der Waals surface area (Å²) >= 11 is 6.09. The number of aromatic carboxylic acids is 1. The van der Waals surface area contributed by atoms with Crippen molar-refractivity contribution in [3.05, 3.63) is 87.5 Å². The zero-order valence-corrected chi connectivity index (χ0v) is 16.1. The van der Waals surface area contributed by atoms with Crippen molar-refractivity contribution in [3.63, 3.8) is 0 Å². The number of halogens is 1. The van der Waals surface area contributed by atoms with E-state index < -0.39 is 5.97 Å². The number of aromatic nitrogens is 2. The fourth-order valence-corrected chi connectivity index (χ4v) is 3.55. The maximum absolute atomic E-state index is 11.9. The molecule has 0 radical (unpaired) electrons. The Bertz CT molecular complexity index is 952. The molecule has 140 valence electrons. The van der Waals surface area contributed by atoms with Gasteiger partial charge in [-0.2, -0.15) is 0 Å². The molecule has 0 amide bonds. The largest absolute Gasteiger partial charge is 0.478 e. The lowest BCUT2D eigenvalue weighted by atomic mass is 10.1. The van der Waals surface area contributed by atoms with Gasteiger partial charge in [-0.1, -0.05) is 29.8 Å². The smallest absolute Gasteiger partial charge is 0.337 e. The molecular formula is C21H22ClN3O2. The Morgan fingerprint density at radius 3 is 2.59 bits per heavy atom. The molecule has 0 bridgehead atoms. The highest BCUT2D eigenvalue weighted by Crippen LogP contribution is 2.24. The molecule has 2 N–H and O–H groups in total. The molecule has 0 saturated carbocycles. The monoisotopic (exact) mass is 383 g/mol. The maximum Gasteiger partial charge on any atom is 0.337 e. The zero-order valence-electron chi connectivity index (χ0n) is 15.4. The van der Waals surface area contributed by atoms with E-state index in [2.05, 4.69) is 10.3 Å². The predicted molar refractivity (Wildman–Crippen MR) is 106 cm³/mol. The number of carboxylic acids is 1. The molecule has 1 aromatic carbocycles. The van der Waals surface area contributed by atoms with Gasteiger partial charge in [0.25, 0.3) is 0 Å². The SMILES string of the molecule is Cc1c(CNCc2cccnc2)c(C(=O)O)c(C)n1Cc1cccc(Cl)c1. The van der Waals surface area contributed by atoms with Crippen LogP contribution < -0.4 is 5.32 Å². The fourth-order valence-electron chi connectivity index (χ4n) is 3.34. The molecule has 0 atom stereocenters. The van der Waals surface area contributed by atoms with Gasteiger partial charge < -0.3 is 15.0 Å². The van der Waals surface area contributed by atoms with E-state index >= 15 is 0 Å². The number of nitrogens with one attached hydrogen (secondary N) is 1. The van der Waals surface area contributed by atoms with Crippen molar-refractivity contribution >= 4 is 17.6 Å². The van der Waals surface area contributed by atoms with Crippen LogP contribution in [0.3, 0.4) is 0 Å². The summed E-state index contributed by atoms with van der Waals surface area (Å²) in [5.41, 5.74) is 4.97. The normalized spacial score (nSPS) is 10.9. The Balaban J connectivity index is 1.85. The fraction of sp³-hybridized carbons (Fsp3) is 0.238. The summed E-state index contributed by atoms with van der Waals surface area (Å²) in [5, 5.41) is 13.7. The first-order valence-electron chi connectivity index (χ1n) is 8.73. The summed E-state index contributed by atoms with van der Waals surface area (Å²) in [5.74, 6) is -0.904. The topological polar surface area (TPSA) is 67.2 Å². The lowest BCUT2D eigenvalue weighted by molar-refractivity contribution is 0.0694. The molecule has 6 heteroatoms. The minimum absolute atomic E-state index is 0.369. The first kappa shape index (κ1) is 19.1. The number of carboxylic acid groups (broad SMARTS) is 1. The van der Waals surface area contributed by atoms with Crippen LogP contribution in [0.5, 0.6) is 0 Å². The van der Waals surface area contributed by atoms with Crippen LogP contribution in [0.4, 0.5) is 0 Å². The number of hydrogen-bond donors (Lipinski definition) is 2. The second-order valence-corrected chi connectivity index (χ2v) is 6.95. The quantitative estimate of drug-likeness (QED) is 0.642. The van der Waals surface area contributed by atoms with Crippen LogP contribution in [-0.2, 0) is 19.6 Å². The summed E-state index contributed by atoms with van der Waals surface area (Å²) in [4.78, 5) is 16.0. The van der Waals surface area contributed by atoms with Crippen molar-refractivity contribution in [2.24, 2.45) is 0 Å². The van der Waals surface area contributed by atoms with Crippen LogP contribution in [0.1, 0.15) is 38.4 Å². The molecule has 2 aromatic heterocycles. The minimum atomic E-state index is -0.904. The van der Waals surface area contributed by atoms with E-state index in [1.807, 2.05) is 54.8 Å². The average molecular weight is 384 g/mol. The van der Waals surface area contributed by atoms with Crippen LogP contribution in [-0.4, -0.2) is 20.6 Å². The molecule has 0 aliphatic carbocycles. The molecule has 3 aromatic rings. The number of hydrogen-bond acceptors (Lipinski definition) is 3. The van der Waals surface area contributed by atoms with Crippen LogP contribution in [0.25, 0.3) is 0 Å². The molecule has 0 unspecified atom stereocenters. The van der Waals surface area contributed by atoms with Gasteiger partial charge in [0.2, 0.25) is 0 Å². The van der Waals surface area contributed by atoms with Crippen molar-refractivity contribution in [2.45, 2.75) is 33.5 Å². The summed E-state index contributed by atoms with van der Waals surface area (Å²) in [6.07, 6.45) is 3.53. The van der Waals surface area contributed by atoms with Crippen molar-refractivity contribution in [1.82, 2.24) is 14.9 Å². The van der Waals surface area contributed by atoms with E-state index in [-0.39, 0.29) is 0 Å². The van der Waals surface area contributed by atoms with Gasteiger partial charge in [0.05, 0.1) is 5.56 Å². The Morgan fingerprint density at radius 2 is 1.93 bits per heavy atom. The maximum atomic E-state index is 11.9. The van der Waals surface area contributed by atoms with Gasteiger partial charge in [0.15, 0.2) is 0 Å². The molecule has 3 rings (SSSR count). The second kappa shape index (κ2) is 8.37. The van der Waals surface area contributed by atoms with Gasteiger partial charge in [0, 0.05) is 54.0 Å². The Hall–Kier alpha value is -2.63. The average Bonchev–Trinajstić information content (AvgIpc) is 2.87. The Kier molecular flexibility index (Phi) is 5.94. The second-order valence-electron chi connectivity index (χ2n) is 6.51. The molecule has 5 nitrogen and oxygen atoms in total. The molecule has 0 saturated heterocycles. The number of pyridine rings is 1. The Labute approximate surface area is 163 Å². The van der Waals surface area contributed by atoms with Crippen molar-refractivity contribution < 1.29 is 9.90 Å². The summed E-state index contributed by atoms with van der Waals surface area (Å²) < 4.78 is 2.04. The highest BCUT2D eigenvalue weighted by molar-refractivity contribution is 6.30. The number of benzene rings is 1. The van der Waals surface area contributed by atoms with Gasteiger partial charge in [0.1, 0.15) is 0 Å². The lowest BCUT2D eigenvalue weighted by Gasteiger charge is -2.11. The first-order chi connectivity index (χ1) is 13.0. The van der Waals surface area contributed by atoms with E-state index in [0.717, 1.165) is 28.1 Å². The highest BCUT2D eigenvalue weighted by Gasteiger charge is 2.22. The third-order valence-electron chi connectivity index (χ3n) is 4.71. The molecule has 0 spiro atoms. The molecule has 0 aliphatic heterocycles. The molecular weight excluding hydrogens is 362 g/mol. The number of nitrogens with zero attached hydrogens (tertiary/aromatic N) is 2. The lowest BCUT2D eigenvalue weighted by Crippen LogP contribution is -2.15. The van der Waals surface area contributed by atoms with Crippen molar-refractivity contribution in [3.8, 4) is 0 Å². The van der Waals surface area contributed by atoms with Crippen molar-refractivity contribution in [2.75, 3.05) is 0 Å². The van der Waals surface area contributed by atoms with Gasteiger partial charge >= 0.3 is 5.97 Å². The third-order valence-corrected chi connectivity index (χ3v) is 4.94. The first-order valence-corrected chi connectivity index (χ1v) is 9.11. The van der Waals surface area contributed by atoms with Gasteiger partial charge in [-0.25, -0.2) is 4.79 Å². The van der Waals surface area contributed by atoms with E-state index in [9.17, 15) is 9.90 Å². The molecule has 2 heterocycles. The van der Waals surface area contributed by atoms with Crippen LogP contribution >= 0.6 is 11.6 Å². The van der Waals surface area contributed by atoms with Gasteiger partial charge in [-0.3, -0.25) is 4.98 Å². The minimum Gasteiger partial charge on any atom is -0.478 e. The summed E-state index contributed by atoms with van der Waals surface area (Å²) in [6, 6.07) is 11.5. The van der Waals surface area contributed by atoms with Crippen LogP contribution in [0.15, 0.2) is 48.8 Å². The molecule has 0 aliphatic rings. The standard InChI is InChI=1S/C21H22ClN3O2/c1-14-19(12-24-11-17-6-4-8-23-10-17)20(21(26)27)15(2)25(14)13-16-5-3-7-18(22)9-16/h3-10,24H,11-13H2,1-2H3,(H,26,27). The van der Waals surface area contributed by atoms with Crippen molar-refractivity contribution in [1.29, 1.82) is 0 Å². The van der Waals surface area contributed by atoms with Crippen LogP contribution in [0.2, 0.25) is 5.02 Å².